The van der Waals surface area contributed by atoms with E-state index in [1.165, 1.54) is 0 Å². The van der Waals surface area contributed by atoms with Gasteiger partial charge in [-0.05, 0) is 6.42 Å². The number of allylic oxidation sites excluding steroid dienone is 1. The van der Waals surface area contributed by atoms with Crippen LogP contribution in [0.5, 0.6) is 0 Å². The molecule has 1 saturated carbocycles. The zero-order valence-corrected chi connectivity index (χ0v) is 5.19. The molecule has 50 valence electrons. The van der Waals surface area contributed by atoms with Crippen LogP contribution < -0.4 is 0 Å². The Labute approximate surface area is 53.6 Å². The highest BCUT2D eigenvalue weighted by atomic mass is 19.1. The van der Waals surface area contributed by atoms with Crippen LogP contribution >= 0.6 is 0 Å². The molecule has 0 heterocycles. The Morgan fingerprint density at radius 2 is 2.22 bits per heavy atom. The van der Waals surface area contributed by atoms with Crippen LogP contribution in [0.2, 0.25) is 0 Å². The quantitative estimate of drug-likeness (QED) is 0.453. The zero-order chi connectivity index (χ0) is 6.85. The lowest BCUT2D eigenvalue weighted by Crippen LogP contribution is -2.20. The Morgan fingerprint density at radius 3 is 2.67 bits per heavy atom. The number of halogens is 1. The van der Waals surface area contributed by atoms with Crippen LogP contribution in [0.4, 0.5) is 4.39 Å². The van der Waals surface area contributed by atoms with E-state index in [9.17, 15) is 9.18 Å². The summed E-state index contributed by atoms with van der Waals surface area (Å²) in [5, 5.41) is 0. The van der Waals surface area contributed by atoms with Gasteiger partial charge in [-0.2, -0.15) is 0 Å². The summed E-state index contributed by atoms with van der Waals surface area (Å²) in [5.74, 6) is -0.262. The number of ketones is 1. The first-order chi connectivity index (χ1) is 4.20. The van der Waals surface area contributed by atoms with Gasteiger partial charge in [0.2, 0.25) is 0 Å². The summed E-state index contributed by atoms with van der Waals surface area (Å²) >= 11 is 0. The summed E-state index contributed by atoms with van der Waals surface area (Å²) in [7, 11) is 0. The number of carbonyl (C=O) groups excluding carboxylic acids is 1. The van der Waals surface area contributed by atoms with Gasteiger partial charge in [-0.1, -0.05) is 12.2 Å². The van der Waals surface area contributed by atoms with Gasteiger partial charge >= 0.3 is 0 Å². The standard InChI is InChI=1S/C7H9FO/c1-5-2-3-7(9)6(8)4-5/h6H,1-4H2. The van der Waals surface area contributed by atoms with Crippen LogP contribution in [-0.4, -0.2) is 12.0 Å². The SMILES string of the molecule is C=C1CCC(=O)C(F)C1. The molecule has 1 atom stereocenters. The third-order valence-electron chi connectivity index (χ3n) is 1.54. The lowest BCUT2D eigenvalue weighted by Gasteiger charge is -2.14. The van der Waals surface area contributed by atoms with Crippen molar-refractivity contribution in [3.8, 4) is 0 Å². The van der Waals surface area contributed by atoms with Crippen LogP contribution in [0, 0.1) is 0 Å². The summed E-state index contributed by atoms with van der Waals surface area (Å²) < 4.78 is 12.4. The molecule has 1 aliphatic rings. The molecule has 0 aromatic carbocycles. The summed E-state index contributed by atoms with van der Waals surface area (Å²) in [5.41, 5.74) is 0.863. The average Bonchev–Trinajstić information content (AvgIpc) is 1.80. The van der Waals surface area contributed by atoms with Crippen LogP contribution in [0.15, 0.2) is 12.2 Å². The highest BCUT2D eigenvalue weighted by molar-refractivity contribution is 5.84. The Bertz CT molecular complexity index is 151. The second-order valence-corrected chi connectivity index (χ2v) is 2.39. The average molecular weight is 128 g/mol. The van der Waals surface area contributed by atoms with Crippen molar-refractivity contribution in [1.82, 2.24) is 0 Å². The van der Waals surface area contributed by atoms with E-state index in [2.05, 4.69) is 6.58 Å². The maximum Gasteiger partial charge on any atom is 0.167 e. The number of hydrogen-bond donors (Lipinski definition) is 0. The molecule has 0 N–H and O–H groups in total. The van der Waals surface area contributed by atoms with Crippen molar-refractivity contribution in [2.45, 2.75) is 25.4 Å². The van der Waals surface area contributed by atoms with Crippen molar-refractivity contribution >= 4 is 5.78 Å². The number of Topliss-reactive ketones (excluding diaryl/α,β-unsaturated/α-hetero) is 1. The van der Waals surface area contributed by atoms with Gasteiger partial charge in [-0.15, -0.1) is 0 Å². The smallest absolute Gasteiger partial charge is 0.167 e. The van der Waals surface area contributed by atoms with Crippen molar-refractivity contribution in [2.75, 3.05) is 0 Å². The van der Waals surface area contributed by atoms with Crippen molar-refractivity contribution in [2.24, 2.45) is 0 Å². The second-order valence-electron chi connectivity index (χ2n) is 2.39. The normalized spacial score (nSPS) is 28.8. The van der Waals surface area contributed by atoms with Gasteiger partial charge in [-0.3, -0.25) is 4.79 Å². The Kier molecular flexibility index (Phi) is 1.65. The fourth-order valence-corrected chi connectivity index (χ4v) is 0.926. The molecule has 2 heteroatoms. The van der Waals surface area contributed by atoms with E-state index < -0.39 is 6.17 Å². The third kappa shape index (κ3) is 1.37. The van der Waals surface area contributed by atoms with Crippen LogP contribution in [0.1, 0.15) is 19.3 Å². The molecule has 0 spiro atoms. The van der Waals surface area contributed by atoms with Crippen molar-refractivity contribution in [3.05, 3.63) is 12.2 Å². The van der Waals surface area contributed by atoms with Crippen LogP contribution in [-0.2, 0) is 4.79 Å². The van der Waals surface area contributed by atoms with Gasteiger partial charge in [0.1, 0.15) is 0 Å². The fourth-order valence-electron chi connectivity index (χ4n) is 0.926. The first kappa shape index (κ1) is 6.46. The molecule has 0 aromatic heterocycles. The lowest BCUT2D eigenvalue weighted by molar-refractivity contribution is -0.124. The predicted molar refractivity (Wildman–Crippen MR) is 32.9 cm³/mol. The molecule has 0 aromatic rings. The van der Waals surface area contributed by atoms with Crippen molar-refractivity contribution in [1.29, 1.82) is 0 Å². The number of carbonyl (C=O) groups is 1. The third-order valence-corrected chi connectivity index (χ3v) is 1.54. The highest BCUT2D eigenvalue weighted by Gasteiger charge is 2.22. The first-order valence-electron chi connectivity index (χ1n) is 3.03. The van der Waals surface area contributed by atoms with Crippen LogP contribution in [0.25, 0.3) is 0 Å². The monoisotopic (exact) mass is 128 g/mol. The van der Waals surface area contributed by atoms with Crippen molar-refractivity contribution < 1.29 is 9.18 Å². The summed E-state index contributed by atoms with van der Waals surface area (Å²) in [4.78, 5) is 10.5. The van der Waals surface area contributed by atoms with E-state index >= 15 is 0 Å². The summed E-state index contributed by atoms with van der Waals surface area (Å²) in [6.07, 6.45) is 0.0178. The Hall–Kier alpha value is -0.660. The minimum Gasteiger partial charge on any atom is -0.296 e. The Balaban J connectivity index is 2.54. The van der Waals surface area contributed by atoms with E-state index in [0.29, 0.717) is 12.8 Å². The zero-order valence-electron chi connectivity index (χ0n) is 5.19. The minimum absolute atomic E-state index is 0.249. The molecule has 1 fully saturated rings. The molecule has 0 saturated heterocycles. The van der Waals surface area contributed by atoms with Crippen LogP contribution in [0.3, 0.4) is 0 Å². The predicted octanol–water partition coefficient (Wildman–Crippen LogP) is 1.63. The molecule has 9 heavy (non-hydrogen) atoms. The van der Waals surface area contributed by atoms with Gasteiger partial charge in [0, 0.05) is 12.8 Å². The lowest BCUT2D eigenvalue weighted by atomic mass is 9.94. The second kappa shape index (κ2) is 2.29. The van der Waals surface area contributed by atoms with Gasteiger partial charge < -0.3 is 0 Å². The van der Waals surface area contributed by atoms with Gasteiger partial charge in [0.25, 0.3) is 0 Å². The minimum atomic E-state index is -1.26. The highest BCUT2D eigenvalue weighted by Crippen LogP contribution is 2.20. The molecule has 0 radical (unpaired) electrons. The maximum atomic E-state index is 12.4. The fraction of sp³-hybridized carbons (Fsp3) is 0.571. The number of rotatable bonds is 0. The largest absolute Gasteiger partial charge is 0.296 e. The van der Waals surface area contributed by atoms with E-state index in [0.717, 1.165) is 5.57 Å². The van der Waals surface area contributed by atoms with Crippen molar-refractivity contribution in [3.63, 3.8) is 0 Å². The first-order valence-corrected chi connectivity index (χ1v) is 3.03. The molecule has 0 bridgehead atoms. The molecular formula is C7H9FO. The molecule has 1 nitrogen and oxygen atoms in total. The summed E-state index contributed by atoms with van der Waals surface area (Å²) in [6.45, 7) is 3.61. The maximum absolute atomic E-state index is 12.4. The topological polar surface area (TPSA) is 17.1 Å². The van der Waals surface area contributed by atoms with Gasteiger partial charge in [-0.25, -0.2) is 4.39 Å². The molecule has 0 amide bonds. The molecule has 0 aliphatic heterocycles. The molecule has 1 rings (SSSR count). The molecule has 1 unspecified atom stereocenters. The molecule has 1 aliphatic carbocycles. The summed E-state index contributed by atoms with van der Waals surface area (Å²) in [6, 6.07) is 0. The van der Waals surface area contributed by atoms with E-state index in [1.807, 2.05) is 0 Å². The number of hydrogen-bond acceptors (Lipinski definition) is 1. The Morgan fingerprint density at radius 1 is 1.56 bits per heavy atom. The van der Waals surface area contributed by atoms with Gasteiger partial charge in [0.15, 0.2) is 12.0 Å². The van der Waals surface area contributed by atoms with E-state index in [1.54, 1.807) is 0 Å². The van der Waals surface area contributed by atoms with E-state index in [-0.39, 0.29) is 12.2 Å². The molecular weight excluding hydrogens is 119 g/mol. The van der Waals surface area contributed by atoms with Gasteiger partial charge in [0.05, 0.1) is 0 Å². The van der Waals surface area contributed by atoms with E-state index in [4.69, 9.17) is 0 Å². The number of alkyl halides is 1.